The number of halogens is 1. The Morgan fingerprint density at radius 2 is 2.06 bits per heavy atom. The number of hydrogen-bond acceptors (Lipinski definition) is 7. The van der Waals surface area contributed by atoms with Gasteiger partial charge in [0.05, 0.1) is 30.7 Å². The third kappa shape index (κ3) is 1.91. The topological polar surface area (TPSA) is 137 Å². The summed E-state index contributed by atoms with van der Waals surface area (Å²) in [4.78, 5) is 8.57. The van der Waals surface area contributed by atoms with Crippen LogP contribution < -0.4 is 0 Å². The van der Waals surface area contributed by atoms with E-state index in [0.717, 1.165) is 0 Å². The lowest BCUT2D eigenvalue weighted by molar-refractivity contribution is -0.424. The van der Waals surface area contributed by atoms with Gasteiger partial charge in [-0.2, -0.15) is 0 Å². The lowest BCUT2D eigenvalue weighted by atomic mass is 9.87. The zero-order chi connectivity index (χ0) is 13.7. The van der Waals surface area contributed by atoms with E-state index in [9.17, 15) is 24.3 Å². The normalized spacial score (nSPS) is 50.4. The van der Waals surface area contributed by atoms with Gasteiger partial charge in [-0.1, -0.05) is 0 Å². The summed E-state index contributed by atoms with van der Waals surface area (Å²) >= 11 is 0. The summed E-state index contributed by atoms with van der Waals surface area (Å²) in [5.41, 5.74) is 0. The molecule has 2 aliphatic rings. The largest absolute Gasteiger partial charge is 0.393 e. The Hall–Kier alpha value is -0.120. The van der Waals surface area contributed by atoms with Gasteiger partial charge >= 0.3 is 8.25 Å². The van der Waals surface area contributed by atoms with Gasteiger partial charge in [0.15, 0.2) is 12.1 Å². The summed E-state index contributed by atoms with van der Waals surface area (Å²) in [5, 5.41) is 38.0. The Morgan fingerprint density at radius 1 is 1.44 bits per heavy atom. The Bertz CT molecular complexity index is 356. The molecule has 2 rings (SSSR count). The monoisotopic (exact) mass is 288 g/mol. The molecule has 1 saturated carbocycles. The Balaban J connectivity index is 2.19. The van der Waals surface area contributed by atoms with Crippen LogP contribution in [0.25, 0.3) is 0 Å². The van der Waals surface area contributed by atoms with Gasteiger partial charge in [0.1, 0.15) is 6.17 Å². The molecule has 8 atom stereocenters. The molecular weight excluding hydrogens is 274 g/mol. The summed E-state index contributed by atoms with van der Waals surface area (Å²) < 4.78 is 33.1. The minimum absolute atomic E-state index is 0.963. The first-order valence-electron chi connectivity index (χ1n) is 5.23. The van der Waals surface area contributed by atoms with Crippen LogP contribution in [0.5, 0.6) is 0 Å². The Morgan fingerprint density at radius 3 is 2.56 bits per heavy atom. The van der Waals surface area contributed by atoms with Gasteiger partial charge in [0.2, 0.25) is 0 Å². The molecule has 0 spiro atoms. The van der Waals surface area contributed by atoms with Crippen molar-refractivity contribution in [1.82, 2.24) is 0 Å². The first-order valence-corrected chi connectivity index (χ1v) is 6.50. The van der Waals surface area contributed by atoms with Gasteiger partial charge in [0, 0.05) is 0 Å². The summed E-state index contributed by atoms with van der Waals surface area (Å²) in [5.74, 6) is -5.02. The predicted molar refractivity (Wildman–Crippen MR) is 53.1 cm³/mol. The highest BCUT2D eigenvalue weighted by atomic mass is 31.1. The molecule has 1 aliphatic heterocycles. The summed E-state index contributed by atoms with van der Waals surface area (Å²) in [7, 11) is -3.36. The fourth-order valence-corrected chi connectivity index (χ4v) is 3.01. The van der Waals surface area contributed by atoms with Crippen molar-refractivity contribution in [2.24, 2.45) is 11.8 Å². The van der Waals surface area contributed by atoms with Crippen LogP contribution in [0, 0.1) is 11.8 Å². The molecule has 0 bridgehead atoms. The molecule has 5 N–H and O–H groups in total. The quantitative estimate of drug-likeness (QED) is 0.365. The SMILES string of the molecule is O=[PH](O)OC1OC2(O)C1C(O)C(O)C2[C@@H](F)CO. The summed E-state index contributed by atoms with van der Waals surface area (Å²) in [6.45, 7) is -0.963. The van der Waals surface area contributed by atoms with Crippen LogP contribution in [-0.4, -0.2) is 62.4 Å². The standard InChI is InChI=1S/C8H14FO8P/c9-2(1-10)3-5(11)6(12)4-7(17-18(14)15)16-8(3,4)13/h2-7,10-13,18H,1H2,(H,14,15)/t2-,3?,4?,5?,6?,7?,8?/m0/s1. The van der Waals surface area contributed by atoms with Crippen LogP contribution in [0.2, 0.25) is 0 Å². The van der Waals surface area contributed by atoms with E-state index in [1.165, 1.54) is 0 Å². The van der Waals surface area contributed by atoms with E-state index >= 15 is 0 Å². The molecule has 0 aromatic carbocycles. The second-order valence-electron chi connectivity index (χ2n) is 4.35. The number of hydrogen-bond donors (Lipinski definition) is 5. The molecule has 8 nitrogen and oxygen atoms in total. The predicted octanol–water partition coefficient (Wildman–Crippen LogP) is -2.27. The van der Waals surface area contributed by atoms with Crippen molar-refractivity contribution in [2.45, 2.75) is 30.5 Å². The second kappa shape index (κ2) is 4.77. The van der Waals surface area contributed by atoms with Crippen LogP contribution in [0.3, 0.4) is 0 Å². The first kappa shape index (κ1) is 14.3. The van der Waals surface area contributed by atoms with Crippen molar-refractivity contribution in [3.63, 3.8) is 0 Å². The zero-order valence-electron chi connectivity index (χ0n) is 9.01. The van der Waals surface area contributed by atoms with Crippen LogP contribution in [0.15, 0.2) is 0 Å². The second-order valence-corrected chi connectivity index (χ2v) is 5.12. The van der Waals surface area contributed by atoms with Crippen LogP contribution in [0.4, 0.5) is 4.39 Å². The van der Waals surface area contributed by atoms with Crippen LogP contribution >= 0.6 is 8.25 Å². The van der Waals surface area contributed by atoms with Gasteiger partial charge < -0.3 is 30.1 Å². The fourth-order valence-electron chi connectivity index (χ4n) is 2.62. The van der Waals surface area contributed by atoms with Gasteiger partial charge in [0.25, 0.3) is 0 Å². The maximum atomic E-state index is 13.4. The molecule has 7 unspecified atom stereocenters. The molecule has 1 aliphatic carbocycles. The number of alkyl halides is 1. The van der Waals surface area contributed by atoms with Crippen molar-refractivity contribution >= 4 is 8.25 Å². The van der Waals surface area contributed by atoms with Crippen molar-refractivity contribution in [1.29, 1.82) is 0 Å². The molecule has 2 fully saturated rings. The third-order valence-corrected chi connectivity index (χ3v) is 3.85. The van der Waals surface area contributed by atoms with E-state index < -0.39 is 57.2 Å². The van der Waals surface area contributed by atoms with Gasteiger partial charge in [-0.05, 0) is 0 Å². The van der Waals surface area contributed by atoms with Crippen LogP contribution in [-0.2, 0) is 13.8 Å². The molecule has 1 saturated heterocycles. The molecular formula is C8H14FO8P. The average Bonchev–Trinajstić information content (AvgIpc) is 2.40. The van der Waals surface area contributed by atoms with Gasteiger partial charge in [-0.25, -0.2) is 4.39 Å². The molecule has 106 valence electrons. The smallest absolute Gasteiger partial charge is 0.318 e. The van der Waals surface area contributed by atoms with Gasteiger partial charge in [-0.3, -0.25) is 9.09 Å². The fraction of sp³-hybridized carbons (Fsp3) is 1.00. The van der Waals surface area contributed by atoms with E-state index in [-0.39, 0.29) is 0 Å². The number of fused-ring (bicyclic) bond motifs is 1. The van der Waals surface area contributed by atoms with Crippen molar-refractivity contribution in [3.8, 4) is 0 Å². The molecule has 0 radical (unpaired) electrons. The van der Waals surface area contributed by atoms with Crippen molar-refractivity contribution < 1.29 is 43.5 Å². The summed E-state index contributed by atoms with van der Waals surface area (Å²) in [6, 6.07) is 0. The number of aliphatic hydroxyl groups excluding tert-OH is 3. The Kier molecular flexibility index (Phi) is 3.79. The highest BCUT2D eigenvalue weighted by molar-refractivity contribution is 7.32. The van der Waals surface area contributed by atoms with Gasteiger partial charge in [-0.15, -0.1) is 0 Å². The minimum atomic E-state index is -3.36. The summed E-state index contributed by atoms with van der Waals surface area (Å²) in [6.07, 6.45) is -6.65. The highest BCUT2D eigenvalue weighted by Crippen LogP contribution is 2.55. The molecule has 0 aromatic heterocycles. The van der Waals surface area contributed by atoms with Crippen molar-refractivity contribution in [2.75, 3.05) is 6.61 Å². The number of aliphatic hydroxyl groups is 4. The van der Waals surface area contributed by atoms with E-state index in [1.807, 2.05) is 0 Å². The van der Waals surface area contributed by atoms with E-state index in [2.05, 4.69) is 4.52 Å². The van der Waals surface area contributed by atoms with E-state index in [1.54, 1.807) is 0 Å². The molecule has 1 heterocycles. The number of ether oxygens (including phenoxy) is 1. The van der Waals surface area contributed by atoms with E-state index in [0.29, 0.717) is 0 Å². The first-order chi connectivity index (χ1) is 8.32. The maximum absolute atomic E-state index is 13.4. The highest BCUT2D eigenvalue weighted by Gasteiger charge is 2.73. The van der Waals surface area contributed by atoms with Crippen molar-refractivity contribution in [3.05, 3.63) is 0 Å². The molecule has 18 heavy (non-hydrogen) atoms. The number of rotatable bonds is 4. The lowest BCUT2D eigenvalue weighted by Crippen LogP contribution is -2.64. The molecule has 0 amide bonds. The zero-order valence-corrected chi connectivity index (χ0v) is 10.0. The van der Waals surface area contributed by atoms with Crippen LogP contribution in [0.1, 0.15) is 0 Å². The maximum Gasteiger partial charge on any atom is 0.318 e. The lowest BCUT2D eigenvalue weighted by Gasteiger charge is -2.49. The minimum Gasteiger partial charge on any atom is -0.393 e. The molecule has 0 aromatic rings. The van der Waals surface area contributed by atoms with E-state index in [4.69, 9.17) is 14.7 Å². The Labute approximate surface area is 102 Å². The molecule has 10 heteroatoms. The average molecular weight is 288 g/mol. The third-order valence-electron chi connectivity index (χ3n) is 3.42.